The topological polar surface area (TPSA) is 131 Å². The second-order valence-electron chi connectivity index (χ2n) is 10.2. The number of carbonyl (C=O) groups is 1. The summed E-state index contributed by atoms with van der Waals surface area (Å²) < 4.78 is 41.6. The lowest BCUT2D eigenvalue weighted by molar-refractivity contribution is -0.137. The lowest BCUT2D eigenvalue weighted by Crippen LogP contribution is -2.30. The summed E-state index contributed by atoms with van der Waals surface area (Å²) >= 11 is 12.5. The molecule has 0 saturated heterocycles. The number of hydrogen-bond donors (Lipinski definition) is 4. The van der Waals surface area contributed by atoms with E-state index in [9.17, 15) is 23.1 Å². The number of imidazole rings is 1. The molecule has 0 radical (unpaired) electrons. The number of aliphatic hydroxyl groups is 1. The fourth-order valence-corrected chi connectivity index (χ4v) is 6.04. The van der Waals surface area contributed by atoms with Gasteiger partial charge in [0, 0.05) is 18.0 Å². The number of nitrogens with zero attached hydrogens (tertiary/aromatic N) is 4. The third-order valence-corrected chi connectivity index (χ3v) is 8.08. The average Bonchev–Trinajstić information content (AvgIpc) is 3.23. The number of alkyl halides is 3. The number of primary amides is 1. The largest absolute Gasteiger partial charge is 0.416 e. The number of aliphatic hydroxyl groups excluding tert-OH is 1. The highest BCUT2D eigenvalue weighted by atomic mass is 35.5. The molecule has 2 fully saturated rings. The molecular weight excluding hydrogens is 558 g/mol. The van der Waals surface area contributed by atoms with Gasteiger partial charge in [0.15, 0.2) is 5.65 Å². The van der Waals surface area contributed by atoms with Crippen LogP contribution in [0.15, 0.2) is 18.3 Å². The summed E-state index contributed by atoms with van der Waals surface area (Å²) in [6, 6.07) is 1.51. The van der Waals surface area contributed by atoms with E-state index >= 15 is 0 Å². The zero-order chi connectivity index (χ0) is 27.9. The SMILES string of the molecule is NC(=O)[C@H]1CC[C@@H](n2c(Nc3c(Cl)cc(C(F)(F)F)cc3Cl)nc3cnc(N[C@@H]4CCCC(O)C4)nc32)CC1. The number of hydrogen-bond acceptors (Lipinski definition) is 7. The number of fused-ring (bicyclic) bond motifs is 1. The number of nitrogens with two attached hydrogens (primary N) is 1. The fraction of sp³-hybridized carbons (Fsp3) is 0.520. The van der Waals surface area contributed by atoms with Crippen molar-refractivity contribution in [2.45, 2.75) is 75.7 Å². The van der Waals surface area contributed by atoms with E-state index in [-0.39, 0.29) is 51.7 Å². The lowest BCUT2D eigenvalue weighted by atomic mass is 9.85. The van der Waals surface area contributed by atoms with Gasteiger partial charge in [0.05, 0.1) is 33.6 Å². The molecule has 2 heterocycles. The highest BCUT2D eigenvalue weighted by molar-refractivity contribution is 6.39. The van der Waals surface area contributed by atoms with Crippen LogP contribution in [-0.4, -0.2) is 42.7 Å². The van der Waals surface area contributed by atoms with E-state index in [1.54, 1.807) is 6.20 Å². The van der Waals surface area contributed by atoms with Gasteiger partial charge in [-0.3, -0.25) is 9.36 Å². The molecule has 39 heavy (non-hydrogen) atoms. The van der Waals surface area contributed by atoms with Crippen molar-refractivity contribution in [2.75, 3.05) is 10.6 Å². The predicted molar refractivity (Wildman–Crippen MR) is 142 cm³/mol. The molecule has 0 spiro atoms. The van der Waals surface area contributed by atoms with Gasteiger partial charge in [-0.25, -0.2) is 9.97 Å². The molecule has 5 N–H and O–H groups in total. The van der Waals surface area contributed by atoms with Gasteiger partial charge in [-0.15, -0.1) is 0 Å². The third kappa shape index (κ3) is 6.02. The molecule has 2 aromatic heterocycles. The first-order chi connectivity index (χ1) is 18.5. The maximum Gasteiger partial charge on any atom is 0.416 e. The smallest absolute Gasteiger partial charge is 0.393 e. The molecule has 0 aliphatic heterocycles. The molecule has 1 unspecified atom stereocenters. The Morgan fingerprint density at radius 3 is 2.38 bits per heavy atom. The molecule has 2 aliphatic rings. The second-order valence-corrected chi connectivity index (χ2v) is 11.0. The first-order valence-electron chi connectivity index (χ1n) is 12.8. The van der Waals surface area contributed by atoms with Crippen LogP contribution in [0.4, 0.5) is 30.8 Å². The molecule has 9 nitrogen and oxygen atoms in total. The molecular formula is C25H28Cl2F3N7O2. The maximum absolute atomic E-state index is 13.2. The number of benzene rings is 1. The maximum atomic E-state index is 13.2. The number of rotatable bonds is 6. The minimum Gasteiger partial charge on any atom is -0.393 e. The van der Waals surface area contributed by atoms with Gasteiger partial charge in [0.1, 0.15) is 5.52 Å². The Bertz CT molecular complexity index is 1350. The van der Waals surface area contributed by atoms with Crippen molar-refractivity contribution in [2.24, 2.45) is 11.7 Å². The van der Waals surface area contributed by atoms with Gasteiger partial charge in [-0.05, 0) is 63.5 Å². The Morgan fingerprint density at radius 1 is 1.08 bits per heavy atom. The van der Waals surface area contributed by atoms with Gasteiger partial charge in [0.25, 0.3) is 0 Å². The van der Waals surface area contributed by atoms with Gasteiger partial charge in [-0.2, -0.15) is 18.2 Å². The van der Waals surface area contributed by atoms with Gasteiger partial charge < -0.3 is 21.5 Å². The van der Waals surface area contributed by atoms with Crippen molar-refractivity contribution in [3.05, 3.63) is 33.9 Å². The van der Waals surface area contributed by atoms with E-state index in [2.05, 4.69) is 20.6 Å². The Hall–Kier alpha value is -2.83. The Kier molecular flexibility index (Phi) is 7.80. The number of nitrogens with one attached hydrogen (secondary N) is 2. The number of aromatic nitrogens is 4. The van der Waals surface area contributed by atoms with E-state index in [1.807, 2.05) is 4.57 Å². The quantitative estimate of drug-likeness (QED) is 0.286. The third-order valence-electron chi connectivity index (χ3n) is 7.48. The van der Waals surface area contributed by atoms with Crippen LogP contribution in [0.5, 0.6) is 0 Å². The summed E-state index contributed by atoms with van der Waals surface area (Å²) in [5.41, 5.74) is 5.61. The van der Waals surface area contributed by atoms with Gasteiger partial charge >= 0.3 is 6.18 Å². The first-order valence-corrected chi connectivity index (χ1v) is 13.6. The molecule has 3 aromatic rings. The molecule has 2 aliphatic carbocycles. The standard InChI is InChI=1S/C25H28Cl2F3N7O2/c26-17-8-13(25(28,29)30)9-18(27)20(17)35-24-34-19-11-32-23(33-14-2-1-3-16(38)10-14)36-22(19)37(24)15-6-4-12(5-7-15)21(31)39/h8-9,11-12,14-16,38H,1-7,10H2,(H2,31,39)(H,34,35)(H,32,33,36)/t12-,14-,15+,16?/m1/s1. The van der Waals surface area contributed by atoms with Crippen LogP contribution >= 0.6 is 23.2 Å². The van der Waals surface area contributed by atoms with Gasteiger partial charge in [-0.1, -0.05) is 23.2 Å². The fourth-order valence-electron chi connectivity index (χ4n) is 5.46. The van der Waals surface area contributed by atoms with Crippen LogP contribution in [0.25, 0.3) is 11.2 Å². The summed E-state index contributed by atoms with van der Waals surface area (Å²) in [6.07, 6.45) is 2.11. The predicted octanol–water partition coefficient (Wildman–Crippen LogP) is 5.83. The highest BCUT2D eigenvalue weighted by Crippen LogP contribution is 2.42. The lowest BCUT2D eigenvalue weighted by Gasteiger charge is -2.29. The number of halogens is 5. The van der Waals surface area contributed by atoms with Gasteiger partial charge in [0.2, 0.25) is 17.8 Å². The number of anilines is 3. The van der Waals surface area contributed by atoms with Crippen molar-refractivity contribution in [3.8, 4) is 0 Å². The van der Waals surface area contributed by atoms with E-state index in [1.165, 1.54) is 0 Å². The molecule has 1 amide bonds. The molecule has 210 valence electrons. The summed E-state index contributed by atoms with van der Waals surface area (Å²) in [5, 5.41) is 15.9. The van der Waals surface area contributed by atoms with E-state index in [4.69, 9.17) is 33.9 Å². The van der Waals surface area contributed by atoms with Crippen LogP contribution < -0.4 is 16.4 Å². The number of amides is 1. The molecule has 2 saturated carbocycles. The van der Waals surface area contributed by atoms with Crippen molar-refractivity contribution in [3.63, 3.8) is 0 Å². The molecule has 14 heteroatoms. The summed E-state index contributed by atoms with van der Waals surface area (Å²) in [4.78, 5) is 25.5. The zero-order valence-electron chi connectivity index (χ0n) is 20.8. The van der Waals surface area contributed by atoms with Crippen LogP contribution in [0.3, 0.4) is 0 Å². The van der Waals surface area contributed by atoms with Crippen molar-refractivity contribution in [1.29, 1.82) is 0 Å². The minimum absolute atomic E-state index is 0.0240. The number of carbonyl (C=O) groups excluding carboxylic acids is 1. The van der Waals surface area contributed by atoms with E-state index < -0.39 is 11.7 Å². The normalized spacial score (nSPS) is 24.1. The van der Waals surface area contributed by atoms with E-state index in [0.717, 1.165) is 31.4 Å². The highest BCUT2D eigenvalue weighted by Gasteiger charge is 2.33. The van der Waals surface area contributed by atoms with Crippen molar-refractivity contribution >= 4 is 57.9 Å². The zero-order valence-corrected chi connectivity index (χ0v) is 22.3. The first kappa shape index (κ1) is 27.7. The second kappa shape index (κ2) is 11.0. The van der Waals surface area contributed by atoms with E-state index in [0.29, 0.717) is 49.2 Å². The Balaban J connectivity index is 1.52. The Labute approximate surface area is 232 Å². The summed E-state index contributed by atoms with van der Waals surface area (Å²) in [6.45, 7) is 0. The van der Waals surface area contributed by atoms with Crippen LogP contribution in [-0.2, 0) is 11.0 Å². The van der Waals surface area contributed by atoms with Crippen molar-refractivity contribution in [1.82, 2.24) is 19.5 Å². The summed E-state index contributed by atoms with van der Waals surface area (Å²) in [7, 11) is 0. The Morgan fingerprint density at radius 2 is 1.77 bits per heavy atom. The molecule has 5 rings (SSSR count). The summed E-state index contributed by atoms with van der Waals surface area (Å²) in [5.74, 6) is 0.103. The molecule has 0 bridgehead atoms. The van der Waals surface area contributed by atoms with Crippen molar-refractivity contribution < 1.29 is 23.1 Å². The minimum atomic E-state index is -4.61. The van der Waals surface area contributed by atoms with Crippen LogP contribution in [0, 0.1) is 5.92 Å². The van der Waals surface area contributed by atoms with Crippen LogP contribution in [0.1, 0.15) is 63.0 Å². The van der Waals surface area contributed by atoms with Crippen LogP contribution in [0.2, 0.25) is 10.0 Å². The average molecular weight is 586 g/mol. The molecule has 1 aromatic carbocycles. The monoisotopic (exact) mass is 585 g/mol. The molecule has 2 atom stereocenters.